The standard InChI is InChI=1S/C17H15F2N3O3.C16H14F2N2O2.CHNO.ClH.K/c18-12-5-4-9(8-13(12)19)21-16(23)11-3-1-2-10-14(22-17(20)24)6-7-25-15(10)11;17-12-5-4-9(8-13(12)18)20-16(21)11-3-1-2-10-14(19)6-7-22-15(10)11;2-1-3;;/h1-5,8,14H,6-7H2,(H,21,23)(H3,20,22,24);1-5,8,14H,6-7,19H2,(H,20,21);3H;1H;/q;;;;+1/p-1. The monoisotopic (exact) mass is 768 g/mol. The second kappa shape index (κ2) is 20.6. The minimum absolute atomic E-state index is 0. The number of primary amides is 1. The van der Waals surface area contributed by atoms with Crippen molar-refractivity contribution in [3.05, 3.63) is 118 Å². The first kappa shape index (κ1) is 43.7. The summed E-state index contributed by atoms with van der Waals surface area (Å²) in [4.78, 5) is 36.0. The number of nitrogens with two attached hydrogens (primary N) is 2. The molecule has 52 heavy (non-hydrogen) atoms. The van der Waals surface area contributed by atoms with Crippen LogP contribution in [0.5, 0.6) is 11.5 Å². The number of hydrogen-bond donors (Lipinski definition) is 5. The second-order valence-corrected chi connectivity index (χ2v) is 10.6. The number of benzene rings is 4. The average molecular weight is 769 g/mol. The minimum atomic E-state index is -1.06. The number of para-hydroxylation sites is 2. The van der Waals surface area contributed by atoms with Crippen molar-refractivity contribution < 1.29 is 97.9 Å². The Balaban J connectivity index is 0.000000325. The number of hydrogen-bond acceptors (Lipinski definition) is 8. The fraction of sp³-hybridized carbons (Fsp3) is 0.176. The smallest absolute Gasteiger partial charge is 0.812 e. The van der Waals surface area contributed by atoms with Crippen LogP contribution in [-0.4, -0.2) is 31.1 Å². The third-order valence-electron chi connectivity index (χ3n) is 7.35. The molecule has 0 radical (unpaired) electrons. The van der Waals surface area contributed by atoms with E-state index in [1.807, 2.05) is 6.07 Å². The molecule has 4 aromatic carbocycles. The summed E-state index contributed by atoms with van der Waals surface area (Å²) in [5, 5.41) is 22.6. The topological polar surface area (TPSA) is 205 Å². The number of urea groups is 1. The average Bonchev–Trinajstić information content (AvgIpc) is 3.08. The minimum Gasteiger partial charge on any atom is -0.812 e. The van der Waals surface area contributed by atoms with Gasteiger partial charge in [-0.15, -0.1) is 12.4 Å². The van der Waals surface area contributed by atoms with Crippen molar-refractivity contribution in [2.75, 3.05) is 23.8 Å². The normalized spacial score (nSPS) is 14.7. The van der Waals surface area contributed by atoms with Crippen molar-refractivity contribution in [1.29, 1.82) is 5.26 Å². The Bertz CT molecular complexity index is 1950. The van der Waals surface area contributed by atoms with Gasteiger partial charge in [0.05, 0.1) is 30.4 Å². The van der Waals surface area contributed by atoms with Crippen LogP contribution in [0.2, 0.25) is 0 Å². The van der Waals surface area contributed by atoms with Gasteiger partial charge in [-0.05, 0) is 36.4 Å². The number of fused-ring (bicyclic) bond motifs is 2. The molecule has 0 saturated heterocycles. The van der Waals surface area contributed by atoms with E-state index in [4.69, 9.17) is 31.3 Å². The Morgan fingerprint density at radius 1 is 0.750 bits per heavy atom. The van der Waals surface area contributed by atoms with Gasteiger partial charge in [-0.1, -0.05) is 24.3 Å². The van der Waals surface area contributed by atoms with E-state index in [0.29, 0.717) is 54.9 Å². The molecule has 0 spiro atoms. The van der Waals surface area contributed by atoms with E-state index >= 15 is 0 Å². The largest absolute Gasteiger partial charge is 1.00 e. The van der Waals surface area contributed by atoms with E-state index in [2.05, 4.69) is 16.0 Å². The number of rotatable bonds is 5. The molecule has 0 saturated carbocycles. The molecule has 18 heteroatoms. The van der Waals surface area contributed by atoms with Gasteiger partial charge in [0.25, 0.3) is 11.8 Å². The maximum atomic E-state index is 13.3. The van der Waals surface area contributed by atoms with Crippen molar-refractivity contribution in [3.63, 3.8) is 0 Å². The zero-order valence-corrected chi connectivity index (χ0v) is 31.3. The van der Waals surface area contributed by atoms with Crippen molar-refractivity contribution in [1.82, 2.24) is 5.32 Å². The van der Waals surface area contributed by atoms with Gasteiger partial charge in [0, 0.05) is 59.8 Å². The molecule has 6 rings (SSSR count). The van der Waals surface area contributed by atoms with Gasteiger partial charge in [-0.2, -0.15) is 0 Å². The van der Waals surface area contributed by atoms with E-state index in [1.165, 1.54) is 12.1 Å². The summed E-state index contributed by atoms with van der Waals surface area (Å²) in [6, 6.07) is 15.1. The molecule has 4 amide bonds. The Morgan fingerprint density at radius 3 is 1.65 bits per heavy atom. The van der Waals surface area contributed by atoms with Crippen LogP contribution in [0.1, 0.15) is 56.8 Å². The first-order valence-electron chi connectivity index (χ1n) is 14.8. The Morgan fingerprint density at radius 2 is 1.19 bits per heavy atom. The summed E-state index contributed by atoms with van der Waals surface area (Å²) in [6.45, 7) is 0.733. The number of halogens is 5. The summed E-state index contributed by atoms with van der Waals surface area (Å²) < 4.78 is 63.5. The first-order chi connectivity index (χ1) is 23.9. The molecular weight excluding hydrogens is 739 g/mol. The van der Waals surface area contributed by atoms with Crippen molar-refractivity contribution in [3.8, 4) is 17.8 Å². The molecule has 2 heterocycles. The molecule has 2 aliphatic heterocycles. The zero-order chi connectivity index (χ0) is 36.4. The quantitative estimate of drug-likeness (QED) is 0.115. The molecule has 4 aromatic rings. The van der Waals surface area contributed by atoms with Crippen LogP contribution in [0, 0.1) is 34.8 Å². The molecule has 2 aliphatic rings. The van der Waals surface area contributed by atoms with Gasteiger partial charge in [-0.25, -0.2) is 27.6 Å². The Labute approximate surface area is 343 Å². The van der Waals surface area contributed by atoms with E-state index in [0.717, 1.165) is 29.8 Å². The van der Waals surface area contributed by atoms with E-state index < -0.39 is 41.1 Å². The predicted octanol–water partition coefficient (Wildman–Crippen LogP) is 1.96. The first-order valence-corrected chi connectivity index (χ1v) is 14.8. The fourth-order valence-corrected chi connectivity index (χ4v) is 5.10. The van der Waals surface area contributed by atoms with Gasteiger partial charge >= 0.3 is 57.4 Å². The third kappa shape index (κ3) is 11.3. The number of carbonyl (C=O) groups excluding carboxylic acids is 3. The van der Waals surface area contributed by atoms with Crippen molar-refractivity contribution in [2.24, 2.45) is 11.5 Å². The molecule has 7 N–H and O–H groups in total. The zero-order valence-electron chi connectivity index (χ0n) is 27.4. The number of nitrogens with one attached hydrogen (secondary N) is 3. The number of amides is 4. The molecule has 0 bridgehead atoms. The maximum Gasteiger partial charge on any atom is 1.00 e. The van der Waals surface area contributed by atoms with Crippen LogP contribution in [-0.2, 0) is 0 Å². The Kier molecular flexibility index (Phi) is 17.3. The number of nitrogens with zero attached hydrogens (tertiary/aromatic N) is 1. The molecule has 0 aliphatic carbocycles. The van der Waals surface area contributed by atoms with Crippen LogP contribution in [0.4, 0.5) is 33.7 Å². The van der Waals surface area contributed by atoms with Gasteiger partial charge in [-0.3, -0.25) is 9.59 Å². The Hall–Kier alpha value is -4.41. The summed E-state index contributed by atoms with van der Waals surface area (Å²) in [5.41, 5.74) is 13.4. The van der Waals surface area contributed by atoms with Crippen LogP contribution in [0.15, 0.2) is 72.8 Å². The summed E-state index contributed by atoms with van der Waals surface area (Å²) in [6.07, 6.45) is 1.70. The van der Waals surface area contributed by atoms with E-state index in [9.17, 15) is 31.9 Å². The van der Waals surface area contributed by atoms with Crippen LogP contribution >= 0.6 is 12.4 Å². The molecule has 2 atom stereocenters. The van der Waals surface area contributed by atoms with Crippen molar-refractivity contribution >= 4 is 41.6 Å². The summed E-state index contributed by atoms with van der Waals surface area (Å²) >= 11 is 0. The molecular formula is C34H30ClF4KN6O6. The van der Waals surface area contributed by atoms with Crippen molar-refractivity contribution in [2.45, 2.75) is 24.9 Å². The number of ether oxygens (including phenoxy) is 2. The number of anilines is 2. The van der Waals surface area contributed by atoms with Crippen LogP contribution in [0.3, 0.4) is 0 Å². The van der Waals surface area contributed by atoms with E-state index in [1.54, 1.807) is 30.3 Å². The molecule has 0 aromatic heterocycles. The molecule has 0 fully saturated rings. The second-order valence-electron chi connectivity index (χ2n) is 10.6. The van der Waals surface area contributed by atoms with E-state index in [-0.39, 0.29) is 92.8 Å². The fourth-order valence-electron chi connectivity index (χ4n) is 5.10. The van der Waals surface area contributed by atoms with Gasteiger partial charge in [0.15, 0.2) is 23.3 Å². The van der Waals surface area contributed by atoms with Crippen LogP contribution in [0.25, 0.3) is 0 Å². The SMILES string of the molecule is Cl.N#C[O-].NC(=O)NC1CCOc2c(C(=O)Nc3ccc(F)c(F)c3)cccc21.NC1CCOc2c(C(=O)Nc3ccc(F)c(F)c3)cccc21.[K+]. The van der Waals surface area contributed by atoms with Gasteiger partial charge < -0.3 is 42.0 Å². The van der Waals surface area contributed by atoms with Gasteiger partial charge in [0.1, 0.15) is 11.5 Å². The molecule has 268 valence electrons. The summed E-state index contributed by atoms with van der Waals surface area (Å²) in [5.74, 6) is -4.28. The molecule has 12 nitrogen and oxygen atoms in total. The maximum absolute atomic E-state index is 13.3. The molecule has 2 unspecified atom stereocenters. The predicted molar refractivity (Wildman–Crippen MR) is 177 cm³/mol. The number of nitriles is 1. The third-order valence-corrected chi connectivity index (χ3v) is 7.35. The van der Waals surface area contributed by atoms with Gasteiger partial charge in [0.2, 0.25) is 0 Å². The van der Waals surface area contributed by atoms with Crippen LogP contribution < -0.4 is 93.4 Å². The number of carbonyl (C=O) groups is 3. The summed E-state index contributed by atoms with van der Waals surface area (Å²) in [7, 11) is 0.